The van der Waals surface area contributed by atoms with Crippen molar-refractivity contribution in [3.8, 4) is 5.75 Å². The SMILES string of the molecule is COC(=O)/C=C1\S/C(=N/Nc2nc3sc(C)c(C)c3c(=O)[nH]2)N(c2ccc(OC)cc2)C1=O. The summed E-state index contributed by atoms with van der Waals surface area (Å²) >= 11 is 2.40. The second-order valence-electron chi connectivity index (χ2n) is 6.86. The Balaban J connectivity index is 1.71. The van der Waals surface area contributed by atoms with E-state index in [1.165, 1.54) is 23.3 Å². The molecule has 2 aromatic heterocycles. The van der Waals surface area contributed by atoms with Crippen LogP contribution in [0.15, 0.2) is 45.1 Å². The fraction of sp³-hybridized carbons (Fsp3) is 0.190. The van der Waals surface area contributed by atoms with Crippen LogP contribution in [0, 0.1) is 13.8 Å². The van der Waals surface area contributed by atoms with Crippen molar-refractivity contribution >= 4 is 62.0 Å². The van der Waals surface area contributed by atoms with Gasteiger partial charge in [-0.25, -0.2) is 15.2 Å². The molecule has 10 nitrogen and oxygen atoms in total. The maximum absolute atomic E-state index is 13.0. The Morgan fingerprint density at radius 1 is 1.21 bits per heavy atom. The maximum Gasteiger partial charge on any atom is 0.331 e. The number of benzene rings is 1. The van der Waals surface area contributed by atoms with Crippen LogP contribution in [0.5, 0.6) is 5.75 Å². The second kappa shape index (κ2) is 9.08. The number of esters is 1. The number of amidine groups is 1. The van der Waals surface area contributed by atoms with Crippen molar-refractivity contribution in [3.05, 3.63) is 56.0 Å². The molecular weight excluding hydrogens is 466 g/mol. The molecular formula is C21H19N5O5S2. The zero-order valence-corrected chi connectivity index (χ0v) is 19.7. The molecule has 3 heterocycles. The number of anilines is 2. The number of thioether (sulfide) groups is 1. The number of hydrogen-bond donors (Lipinski definition) is 2. The van der Waals surface area contributed by atoms with Crippen LogP contribution in [0.3, 0.4) is 0 Å². The minimum Gasteiger partial charge on any atom is -0.497 e. The molecule has 2 N–H and O–H groups in total. The third-order valence-electron chi connectivity index (χ3n) is 4.88. The van der Waals surface area contributed by atoms with Crippen molar-refractivity contribution in [2.24, 2.45) is 5.10 Å². The average Bonchev–Trinajstić information content (AvgIpc) is 3.27. The third kappa shape index (κ3) is 4.34. The van der Waals surface area contributed by atoms with E-state index in [9.17, 15) is 14.4 Å². The van der Waals surface area contributed by atoms with Gasteiger partial charge in [-0.2, -0.15) is 0 Å². The Morgan fingerprint density at radius 3 is 2.61 bits per heavy atom. The lowest BCUT2D eigenvalue weighted by Crippen LogP contribution is -2.29. The van der Waals surface area contributed by atoms with Gasteiger partial charge in [0.1, 0.15) is 10.6 Å². The molecule has 0 atom stereocenters. The molecule has 0 spiro atoms. The molecule has 1 fully saturated rings. The lowest BCUT2D eigenvalue weighted by Gasteiger charge is -2.16. The summed E-state index contributed by atoms with van der Waals surface area (Å²) < 4.78 is 9.81. The standard InChI is InChI=1S/C21H19N5O5S2/c1-10-11(2)32-18-16(10)17(28)22-20(23-18)24-25-21-26(12-5-7-13(30-3)8-6-12)19(29)14(33-21)9-15(27)31-4/h5-9H,1-4H3,(H2,22,23,24,28)/b14-9-,25-21+. The summed E-state index contributed by atoms with van der Waals surface area (Å²) in [5.41, 5.74) is 3.85. The van der Waals surface area contributed by atoms with Gasteiger partial charge in [0.05, 0.1) is 30.2 Å². The molecule has 0 aliphatic carbocycles. The Hall–Kier alpha value is -3.64. The molecule has 1 amide bonds. The smallest absolute Gasteiger partial charge is 0.331 e. The van der Waals surface area contributed by atoms with Crippen molar-refractivity contribution in [3.63, 3.8) is 0 Å². The van der Waals surface area contributed by atoms with E-state index in [1.54, 1.807) is 31.4 Å². The molecule has 4 rings (SSSR count). The number of rotatable bonds is 5. The summed E-state index contributed by atoms with van der Waals surface area (Å²) in [4.78, 5) is 47.4. The summed E-state index contributed by atoms with van der Waals surface area (Å²) in [6.45, 7) is 3.80. The molecule has 1 aliphatic heterocycles. The van der Waals surface area contributed by atoms with Crippen molar-refractivity contribution < 1.29 is 19.1 Å². The first-order chi connectivity index (χ1) is 15.8. The number of ether oxygens (including phenoxy) is 2. The van der Waals surface area contributed by atoms with Crippen LogP contribution >= 0.6 is 23.1 Å². The number of aryl methyl sites for hydroxylation is 2. The van der Waals surface area contributed by atoms with Gasteiger partial charge in [0.15, 0.2) is 5.17 Å². The number of aromatic nitrogens is 2. The Kier molecular flexibility index (Phi) is 6.20. The van der Waals surface area contributed by atoms with Crippen LogP contribution in [0.1, 0.15) is 10.4 Å². The van der Waals surface area contributed by atoms with E-state index >= 15 is 0 Å². The molecule has 1 saturated heterocycles. The molecule has 0 unspecified atom stereocenters. The van der Waals surface area contributed by atoms with E-state index in [2.05, 4.69) is 25.2 Å². The van der Waals surface area contributed by atoms with Crippen molar-refractivity contribution in [2.45, 2.75) is 13.8 Å². The molecule has 0 radical (unpaired) electrons. The van der Waals surface area contributed by atoms with Gasteiger partial charge in [0, 0.05) is 11.0 Å². The van der Waals surface area contributed by atoms with Crippen LogP contribution < -0.4 is 20.6 Å². The highest BCUT2D eigenvalue weighted by molar-refractivity contribution is 8.19. The number of fused-ring (bicyclic) bond motifs is 1. The molecule has 12 heteroatoms. The molecule has 33 heavy (non-hydrogen) atoms. The van der Waals surface area contributed by atoms with E-state index in [4.69, 9.17) is 4.74 Å². The highest BCUT2D eigenvalue weighted by atomic mass is 32.2. The topological polar surface area (TPSA) is 126 Å². The summed E-state index contributed by atoms with van der Waals surface area (Å²) in [6, 6.07) is 6.79. The first-order valence-corrected chi connectivity index (χ1v) is 11.3. The average molecular weight is 486 g/mol. The minimum atomic E-state index is -0.658. The van der Waals surface area contributed by atoms with E-state index in [1.807, 2.05) is 13.8 Å². The van der Waals surface area contributed by atoms with Gasteiger partial charge in [-0.05, 0) is 55.4 Å². The first kappa shape index (κ1) is 22.6. The monoisotopic (exact) mass is 485 g/mol. The van der Waals surface area contributed by atoms with E-state index in [0.29, 0.717) is 21.7 Å². The first-order valence-electron chi connectivity index (χ1n) is 9.62. The lowest BCUT2D eigenvalue weighted by atomic mass is 10.2. The van der Waals surface area contributed by atoms with Crippen LogP contribution in [-0.4, -0.2) is 41.2 Å². The number of nitrogens with one attached hydrogen (secondary N) is 2. The zero-order valence-electron chi connectivity index (χ0n) is 18.1. The Morgan fingerprint density at radius 2 is 1.94 bits per heavy atom. The summed E-state index contributed by atoms with van der Waals surface area (Å²) in [7, 11) is 2.77. The van der Waals surface area contributed by atoms with Crippen LogP contribution in [0.25, 0.3) is 10.2 Å². The Bertz CT molecular complexity index is 1370. The third-order valence-corrected chi connectivity index (χ3v) is 6.95. The van der Waals surface area contributed by atoms with Crippen molar-refractivity contribution in [1.82, 2.24) is 9.97 Å². The molecule has 0 saturated carbocycles. The number of carbonyl (C=O) groups is 2. The van der Waals surface area contributed by atoms with Gasteiger partial charge in [-0.1, -0.05) is 0 Å². The number of nitrogens with zero attached hydrogens (tertiary/aromatic N) is 3. The lowest BCUT2D eigenvalue weighted by molar-refractivity contribution is -0.135. The van der Waals surface area contributed by atoms with Gasteiger partial charge in [0.2, 0.25) is 5.95 Å². The van der Waals surface area contributed by atoms with Crippen LogP contribution in [0.2, 0.25) is 0 Å². The van der Waals surface area contributed by atoms with Crippen molar-refractivity contribution in [1.29, 1.82) is 0 Å². The van der Waals surface area contributed by atoms with Gasteiger partial charge in [-0.3, -0.25) is 19.5 Å². The van der Waals surface area contributed by atoms with Crippen LogP contribution in [0.4, 0.5) is 11.6 Å². The fourth-order valence-electron chi connectivity index (χ4n) is 3.08. The highest BCUT2D eigenvalue weighted by Crippen LogP contribution is 2.35. The second-order valence-corrected chi connectivity index (χ2v) is 9.07. The van der Waals surface area contributed by atoms with Crippen molar-refractivity contribution in [2.75, 3.05) is 24.5 Å². The molecule has 170 valence electrons. The predicted octanol–water partition coefficient (Wildman–Crippen LogP) is 3.13. The maximum atomic E-state index is 13.0. The predicted molar refractivity (Wildman–Crippen MR) is 129 cm³/mol. The van der Waals surface area contributed by atoms with E-state index in [-0.39, 0.29) is 21.6 Å². The van der Waals surface area contributed by atoms with Gasteiger partial charge < -0.3 is 9.47 Å². The fourth-order valence-corrected chi connectivity index (χ4v) is 5.01. The number of methoxy groups -OCH3 is 2. The molecule has 1 aromatic carbocycles. The summed E-state index contributed by atoms with van der Waals surface area (Å²) in [6.07, 6.45) is 1.11. The number of H-pyrrole nitrogens is 1. The molecule has 0 bridgehead atoms. The summed E-state index contributed by atoms with van der Waals surface area (Å²) in [5, 5.41) is 5.07. The molecule has 3 aromatic rings. The van der Waals surface area contributed by atoms with Crippen LogP contribution in [-0.2, 0) is 14.3 Å². The molecule has 1 aliphatic rings. The summed E-state index contributed by atoms with van der Waals surface area (Å²) in [5.74, 6) is -0.349. The van der Waals surface area contributed by atoms with E-state index in [0.717, 1.165) is 28.3 Å². The minimum absolute atomic E-state index is 0.134. The van der Waals surface area contributed by atoms with Gasteiger partial charge in [0.25, 0.3) is 11.5 Å². The largest absolute Gasteiger partial charge is 0.497 e. The number of hydrazone groups is 1. The van der Waals surface area contributed by atoms with E-state index < -0.39 is 11.9 Å². The Labute approximate surface area is 196 Å². The number of amides is 1. The number of thiophene rings is 1. The quantitative estimate of drug-likeness (QED) is 0.321. The number of aromatic amines is 1. The van der Waals surface area contributed by atoms with Gasteiger partial charge in [-0.15, -0.1) is 16.4 Å². The van der Waals surface area contributed by atoms with Gasteiger partial charge >= 0.3 is 5.97 Å². The normalized spacial score (nSPS) is 16.1. The zero-order chi connectivity index (χ0) is 23.7. The number of hydrogen-bond acceptors (Lipinski definition) is 10. The number of carbonyl (C=O) groups excluding carboxylic acids is 2. The highest BCUT2D eigenvalue weighted by Gasteiger charge is 2.35.